The van der Waals surface area contributed by atoms with Crippen LogP contribution in [0.5, 0.6) is 0 Å². The Morgan fingerprint density at radius 1 is 0.242 bits per heavy atom. The van der Waals surface area contributed by atoms with E-state index < -0.39 is 21.0 Å². The van der Waals surface area contributed by atoms with Gasteiger partial charge in [0.25, 0.3) is 0 Å². The monoisotopic (exact) mass is 850 g/mol. The van der Waals surface area contributed by atoms with Crippen molar-refractivity contribution in [1.82, 2.24) is 0 Å². The Bertz CT molecular complexity index is 2010. The summed E-state index contributed by atoms with van der Waals surface area (Å²) in [5.41, 5.74) is 9.44. The molecule has 6 heteroatoms. The van der Waals surface area contributed by atoms with Crippen LogP contribution >= 0.6 is 13.7 Å². The van der Waals surface area contributed by atoms with Gasteiger partial charge in [-0.25, -0.2) is 0 Å². The fourth-order valence-corrected chi connectivity index (χ4v) is 22.0. The summed E-state index contributed by atoms with van der Waals surface area (Å²) in [5.74, 6) is 0. The van der Waals surface area contributed by atoms with Crippen LogP contribution < -0.4 is 0 Å². The van der Waals surface area contributed by atoms with Gasteiger partial charge in [-0.05, 0) is 0 Å². The van der Waals surface area contributed by atoms with Crippen molar-refractivity contribution in [1.29, 1.82) is 0 Å². The van der Waals surface area contributed by atoms with Crippen LogP contribution in [0.15, 0.2) is 243 Å². The molecule has 0 saturated carbocycles. The molecule has 0 heterocycles. The summed E-state index contributed by atoms with van der Waals surface area (Å²) in [7, 11) is -1.55. The second kappa shape index (κ2) is 19.7. The molecule has 0 aliphatic rings. The summed E-state index contributed by atoms with van der Waals surface area (Å²) >= 11 is 0. The zero-order chi connectivity index (χ0) is 42.4. The molecule has 8 rings (SSSR count). The van der Waals surface area contributed by atoms with Crippen molar-refractivity contribution in [2.45, 2.75) is 49.3 Å². The van der Waals surface area contributed by atoms with Gasteiger partial charge in [0.05, 0.1) is 0 Å². The summed E-state index contributed by atoms with van der Waals surface area (Å²) in [6.07, 6.45) is 5.19. The van der Waals surface area contributed by atoms with Crippen molar-refractivity contribution < 1.29 is 13.9 Å². The molecule has 0 spiro atoms. The molecule has 1 N–H and O–H groups in total. The molecule has 0 fully saturated rings. The molecule has 8 aromatic carbocycles. The van der Waals surface area contributed by atoms with E-state index in [0.29, 0.717) is 49.3 Å². The first-order valence-electron chi connectivity index (χ1n) is 21.7. The van der Waals surface area contributed by atoms with Gasteiger partial charge in [0.15, 0.2) is 0 Å². The Kier molecular flexibility index (Phi) is 13.8. The van der Waals surface area contributed by atoms with E-state index >= 15 is 0 Å². The molecule has 62 heavy (non-hydrogen) atoms. The van der Waals surface area contributed by atoms with Gasteiger partial charge in [0.2, 0.25) is 0 Å². The molecule has 0 aliphatic carbocycles. The Morgan fingerprint density at radius 2 is 0.371 bits per heavy atom. The van der Waals surface area contributed by atoms with Crippen LogP contribution in [0.4, 0.5) is 0 Å². The third-order valence-corrected chi connectivity index (χ3v) is 23.1. The molecule has 0 aromatic heterocycles. The third-order valence-electron chi connectivity index (χ3n) is 12.2. The van der Waals surface area contributed by atoms with Crippen LogP contribution in [0.3, 0.4) is 0 Å². The summed E-state index contributed by atoms with van der Waals surface area (Å²) in [6, 6.07) is 86.0. The second-order valence-electron chi connectivity index (χ2n) is 17.4. The number of hydrogen-bond donors (Lipinski definition) is 1. The Hall–Kier alpha value is -5.44. The fraction of sp³-hybridized carbons (Fsp3) is 0.143. The molecule has 0 atom stereocenters. The van der Waals surface area contributed by atoms with E-state index in [1.165, 1.54) is 44.5 Å². The van der Waals surface area contributed by atoms with Gasteiger partial charge in [-0.2, -0.15) is 0 Å². The molecule has 0 radical (unpaired) electrons. The maximum atomic E-state index is 13.5. The molecule has 8 aromatic rings. The molecule has 0 amide bonds. The van der Waals surface area contributed by atoms with Gasteiger partial charge in [-0.1, -0.05) is 0 Å². The Morgan fingerprint density at radius 3 is 0.500 bits per heavy atom. The molecular formula is C56H57BO3P2. The minimum absolute atomic E-state index is 0.649. The first-order valence-corrected chi connectivity index (χ1v) is 27.5. The van der Waals surface area contributed by atoms with Crippen LogP contribution in [0.2, 0.25) is 0 Å². The Balaban J connectivity index is 1.38. The predicted octanol–water partition coefficient (Wildman–Crippen LogP) is 14.5. The van der Waals surface area contributed by atoms with Crippen molar-refractivity contribution in [3.63, 3.8) is 0 Å². The van der Waals surface area contributed by atoms with E-state index in [9.17, 15) is 5.02 Å². The zero-order valence-corrected chi connectivity index (χ0v) is 37.3. The van der Waals surface area contributed by atoms with Crippen molar-refractivity contribution in [3.8, 4) is 0 Å². The predicted molar refractivity (Wildman–Crippen MR) is 265 cm³/mol. The van der Waals surface area contributed by atoms with Crippen LogP contribution in [0.25, 0.3) is 0 Å². The van der Waals surface area contributed by atoms with E-state index in [0.717, 1.165) is 0 Å². The minimum atomic E-state index is -3.77. The van der Waals surface area contributed by atoms with Gasteiger partial charge < -0.3 is 0 Å². The van der Waals surface area contributed by atoms with Gasteiger partial charge in [-0.15, -0.1) is 0 Å². The first-order chi connectivity index (χ1) is 30.4. The van der Waals surface area contributed by atoms with Gasteiger partial charge in [0, 0.05) is 0 Å². The summed E-state index contributed by atoms with van der Waals surface area (Å²) < 4.78 is 15.9. The molecular weight excluding hydrogens is 793 g/mol. The van der Waals surface area contributed by atoms with E-state index in [-0.39, 0.29) is 0 Å². The van der Waals surface area contributed by atoms with Crippen molar-refractivity contribution in [2.24, 2.45) is 0 Å². The number of rotatable bonds is 20. The third kappa shape index (κ3) is 11.1. The van der Waals surface area contributed by atoms with Crippen molar-refractivity contribution in [2.75, 3.05) is 0 Å². The molecule has 0 aliphatic heterocycles. The summed E-state index contributed by atoms with van der Waals surface area (Å²) in [4.78, 5) is 0. The standard InChI is InChI=1S/C56H57BO3P2/c58-57(59-61(41-49-25-9-1-10-26-49,42-50-27-11-2-12-28-50,43-51-29-13-3-14-30-51)44-52-31-15-4-16-32-52)60-62(45-53-33-17-5-18-34-53,46-54-35-19-6-20-36-54,47-55-37-21-7-22-38-55)48-56-39-23-8-24-40-56/h1-40,58H,41-48H2. The molecule has 312 valence electrons. The van der Waals surface area contributed by atoms with Crippen LogP contribution in [-0.2, 0) is 58.2 Å². The molecule has 0 unspecified atom stereocenters. The topological polar surface area (TPSA) is 38.7 Å². The average molecular weight is 851 g/mol. The number of benzene rings is 8. The van der Waals surface area contributed by atoms with E-state index in [1.54, 1.807) is 0 Å². The quantitative estimate of drug-likeness (QED) is 0.0613. The van der Waals surface area contributed by atoms with Gasteiger partial charge >= 0.3 is 371 Å². The summed E-state index contributed by atoms with van der Waals surface area (Å²) in [5, 5.41) is 13.5. The van der Waals surface area contributed by atoms with Gasteiger partial charge in [0.1, 0.15) is 0 Å². The second-order valence-corrected chi connectivity index (χ2v) is 27.8. The van der Waals surface area contributed by atoms with E-state index in [2.05, 4.69) is 243 Å². The normalized spacial score (nSPS) is 13.0. The van der Waals surface area contributed by atoms with Crippen LogP contribution in [-0.4, -0.2) is 12.3 Å². The molecule has 0 bridgehead atoms. The first kappa shape index (κ1) is 43.2. The average Bonchev–Trinajstić information content (AvgIpc) is 3.29. The summed E-state index contributed by atoms with van der Waals surface area (Å²) in [6.45, 7) is -7.53. The van der Waals surface area contributed by atoms with Crippen LogP contribution in [0.1, 0.15) is 44.5 Å². The zero-order valence-electron chi connectivity index (χ0n) is 35.5. The maximum absolute atomic E-state index is 13.5. The van der Waals surface area contributed by atoms with E-state index in [1.807, 2.05) is 0 Å². The fourth-order valence-electron chi connectivity index (χ4n) is 9.86. The Labute approximate surface area is 369 Å². The number of hydrogen-bond acceptors (Lipinski definition) is 3. The van der Waals surface area contributed by atoms with Crippen LogP contribution in [0, 0.1) is 0 Å². The van der Waals surface area contributed by atoms with E-state index in [4.69, 9.17) is 8.88 Å². The molecule has 3 nitrogen and oxygen atoms in total. The SMILES string of the molecule is OB(OP(Cc1ccccc1)(Cc1ccccc1)(Cc1ccccc1)Cc1ccccc1)OP(Cc1ccccc1)(Cc1ccccc1)(Cc1ccccc1)Cc1ccccc1. The molecule has 0 saturated heterocycles. The van der Waals surface area contributed by atoms with Crippen molar-refractivity contribution in [3.05, 3.63) is 287 Å². The van der Waals surface area contributed by atoms with Gasteiger partial charge in [-0.3, -0.25) is 0 Å². The van der Waals surface area contributed by atoms with Crippen molar-refractivity contribution >= 4 is 21.0 Å².